The van der Waals surface area contributed by atoms with E-state index < -0.39 is 23.0 Å². The summed E-state index contributed by atoms with van der Waals surface area (Å²) in [5.41, 5.74) is 2.25. The molecule has 204 valence electrons. The zero-order chi connectivity index (χ0) is 27.5. The van der Waals surface area contributed by atoms with Gasteiger partial charge in [-0.25, -0.2) is 8.78 Å². The van der Waals surface area contributed by atoms with Gasteiger partial charge in [-0.05, 0) is 67.3 Å². The molecule has 2 aliphatic rings. The maximum atomic E-state index is 13.7. The molecular formula is C30H30F2N2O5. The number of nitro benzene ring substituents is 1. The lowest BCUT2D eigenvalue weighted by Gasteiger charge is -2.42. The fourth-order valence-electron chi connectivity index (χ4n) is 5.82. The van der Waals surface area contributed by atoms with Gasteiger partial charge in [-0.3, -0.25) is 19.8 Å². The summed E-state index contributed by atoms with van der Waals surface area (Å²) in [7, 11) is 2.02. The van der Waals surface area contributed by atoms with Crippen LogP contribution in [-0.2, 0) is 20.7 Å². The van der Waals surface area contributed by atoms with Gasteiger partial charge in [-0.2, -0.15) is 0 Å². The number of hydrogen-bond acceptors (Lipinski definition) is 6. The molecule has 0 radical (unpaired) electrons. The minimum atomic E-state index is -0.616. The maximum Gasteiger partial charge on any atom is 0.313 e. The predicted octanol–water partition coefficient (Wildman–Crippen LogP) is 5.62. The fourth-order valence-corrected chi connectivity index (χ4v) is 5.82. The molecule has 0 N–H and O–H groups in total. The molecule has 4 atom stereocenters. The molecule has 0 spiro atoms. The highest BCUT2D eigenvalue weighted by Gasteiger charge is 2.50. The van der Waals surface area contributed by atoms with Crippen molar-refractivity contribution in [2.24, 2.45) is 5.92 Å². The molecule has 0 saturated carbocycles. The van der Waals surface area contributed by atoms with Crippen molar-refractivity contribution >= 4 is 11.7 Å². The molecule has 0 unspecified atom stereocenters. The monoisotopic (exact) mass is 536 g/mol. The summed E-state index contributed by atoms with van der Waals surface area (Å²) < 4.78 is 39.8. The number of nitro groups is 1. The van der Waals surface area contributed by atoms with Crippen molar-refractivity contribution in [2.75, 3.05) is 13.7 Å². The summed E-state index contributed by atoms with van der Waals surface area (Å²) in [6, 6.07) is 18.4. The van der Waals surface area contributed by atoms with Crippen molar-refractivity contribution < 1.29 is 28.0 Å². The van der Waals surface area contributed by atoms with Gasteiger partial charge in [0.25, 0.3) is 5.69 Å². The van der Waals surface area contributed by atoms with E-state index in [1.165, 1.54) is 36.4 Å². The number of hydrogen-bond donors (Lipinski definition) is 0. The molecule has 2 fully saturated rings. The lowest BCUT2D eigenvalue weighted by atomic mass is 9.87. The quantitative estimate of drug-likeness (QED) is 0.201. The van der Waals surface area contributed by atoms with Gasteiger partial charge < -0.3 is 9.47 Å². The van der Waals surface area contributed by atoms with E-state index in [2.05, 4.69) is 4.90 Å². The summed E-state index contributed by atoms with van der Waals surface area (Å²) in [6.45, 7) is 0.138. The molecule has 2 saturated heterocycles. The van der Waals surface area contributed by atoms with Gasteiger partial charge in [0.15, 0.2) is 0 Å². The van der Waals surface area contributed by atoms with Crippen LogP contribution in [0, 0.1) is 27.7 Å². The van der Waals surface area contributed by atoms with E-state index in [1.807, 2.05) is 7.05 Å². The third kappa shape index (κ3) is 5.99. The van der Waals surface area contributed by atoms with Crippen LogP contribution in [0.25, 0.3) is 0 Å². The van der Waals surface area contributed by atoms with E-state index >= 15 is 0 Å². The number of esters is 1. The van der Waals surface area contributed by atoms with Crippen LogP contribution in [0.2, 0.25) is 0 Å². The number of piperidine rings is 1. The molecule has 3 aromatic rings. The summed E-state index contributed by atoms with van der Waals surface area (Å²) in [5.74, 6) is -1.63. The highest BCUT2D eigenvalue weighted by Crippen LogP contribution is 2.42. The zero-order valence-corrected chi connectivity index (χ0v) is 21.5. The van der Waals surface area contributed by atoms with Gasteiger partial charge in [0, 0.05) is 30.6 Å². The van der Waals surface area contributed by atoms with Crippen LogP contribution in [0.4, 0.5) is 14.5 Å². The third-order valence-electron chi connectivity index (χ3n) is 7.92. The minimum absolute atomic E-state index is 0.00799. The van der Waals surface area contributed by atoms with Crippen LogP contribution in [0.3, 0.4) is 0 Å². The van der Waals surface area contributed by atoms with Crippen molar-refractivity contribution in [2.45, 2.75) is 50.0 Å². The second-order valence-electron chi connectivity index (χ2n) is 10.2. The van der Waals surface area contributed by atoms with Crippen LogP contribution in [-0.4, -0.2) is 47.6 Å². The predicted molar refractivity (Wildman–Crippen MR) is 140 cm³/mol. The first-order valence-electron chi connectivity index (χ1n) is 13.1. The first kappa shape index (κ1) is 26.9. The number of ether oxygens (including phenoxy) is 2. The van der Waals surface area contributed by atoms with Crippen LogP contribution >= 0.6 is 0 Å². The Hall–Kier alpha value is -3.69. The van der Waals surface area contributed by atoms with E-state index in [0.29, 0.717) is 24.0 Å². The highest BCUT2D eigenvalue weighted by atomic mass is 19.1. The highest BCUT2D eigenvalue weighted by molar-refractivity contribution is 5.74. The molecule has 39 heavy (non-hydrogen) atoms. The Morgan fingerprint density at radius 1 is 0.974 bits per heavy atom. The van der Waals surface area contributed by atoms with E-state index in [9.17, 15) is 23.7 Å². The standard InChI is InChI=1S/C30H30F2N2O5/c1-33-25-14-15-26(33)28(30(35)38-17-16-19-2-12-24(13-3-19)34(36)37)27(18-25)39-29(20-4-8-22(31)9-5-20)21-6-10-23(32)11-7-21/h2-13,25-29H,14-18H2,1H3/t25-,26+,27+,28+/m1/s1. The number of benzene rings is 3. The second-order valence-corrected chi connectivity index (χ2v) is 10.2. The Morgan fingerprint density at radius 2 is 1.56 bits per heavy atom. The molecule has 0 amide bonds. The van der Waals surface area contributed by atoms with Crippen molar-refractivity contribution in [3.63, 3.8) is 0 Å². The number of rotatable bonds is 9. The molecular weight excluding hydrogens is 506 g/mol. The molecule has 7 nitrogen and oxygen atoms in total. The Kier molecular flexibility index (Phi) is 7.99. The van der Waals surface area contributed by atoms with Crippen molar-refractivity contribution in [3.8, 4) is 0 Å². The fraction of sp³-hybridized carbons (Fsp3) is 0.367. The molecule has 2 bridgehead atoms. The molecule has 0 aromatic heterocycles. The topological polar surface area (TPSA) is 81.9 Å². The second kappa shape index (κ2) is 11.6. The SMILES string of the molecule is CN1[C@@H]2CC[C@H]1[C@H](C(=O)OCCc1ccc([N+](=O)[O-])cc1)[C@@H](OC(c1ccc(F)cc1)c1ccc(F)cc1)C2. The van der Waals surface area contributed by atoms with E-state index in [1.54, 1.807) is 36.4 Å². The molecule has 2 aliphatic heterocycles. The lowest BCUT2D eigenvalue weighted by Crippen LogP contribution is -2.53. The van der Waals surface area contributed by atoms with Gasteiger partial charge in [0.1, 0.15) is 17.7 Å². The smallest absolute Gasteiger partial charge is 0.313 e. The lowest BCUT2D eigenvalue weighted by molar-refractivity contribution is -0.384. The normalized spacial score (nSPS) is 22.7. The summed E-state index contributed by atoms with van der Waals surface area (Å²) in [6.07, 6.45) is 1.79. The van der Waals surface area contributed by atoms with Crippen molar-refractivity contribution in [1.29, 1.82) is 0 Å². The van der Waals surface area contributed by atoms with Gasteiger partial charge in [0.05, 0.1) is 23.6 Å². The molecule has 2 heterocycles. The maximum absolute atomic E-state index is 13.7. The number of non-ortho nitro benzene ring substituents is 1. The van der Waals surface area contributed by atoms with E-state index in [4.69, 9.17) is 9.47 Å². The summed E-state index contributed by atoms with van der Waals surface area (Å²) in [5, 5.41) is 10.9. The van der Waals surface area contributed by atoms with E-state index in [-0.39, 0.29) is 42.0 Å². The van der Waals surface area contributed by atoms with Gasteiger partial charge in [-0.15, -0.1) is 0 Å². The molecule has 5 rings (SSSR count). The van der Waals surface area contributed by atoms with Gasteiger partial charge >= 0.3 is 5.97 Å². The van der Waals surface area contributed by atoms with Gasteiger partial charge in [-0.1, -0.05) is 36.4 Å². The number of nitrogens with zero attached hydrogens (tertiary/aromatic N) is 2. The van der Waals surface area contributed by atoms with Crippen LogP contribution < -0.4 is 0 Å². The molecule has 0 aliphatic carbocycles. The average molecular weight is 537 g/mol. The summed E-state index contributed by atoms with van der Waals surface area (Å²) >= 11 is 0. The first-order chi connectivity index (χ1) is 18.8. The molecule has 9 heteroatoms. The average Bonchev–Trinajstić information content (AvgIpc) is 3.16. The number of carbonyl (C=O) groups excluding carboxylic acids is 1. The number of fused-ring (bicyclic) bond motifs is 2. The number of carbonyl (C=O) groups is 1. The van der Waals surface area contributed by atoms with Crippen molar-refractivity contribution in [3.05, 3.63) is 111 Å². The van der Waals surface area contributed by atoms with Crippen LogP contribution in [0.15, 0.2) is 72.8 Å². The zero-order valence-electron chi connectivity index (χ0n) is 21.5. The molecule has 3 aromatic carbocycles. The summed E-state index contributed by atoms with van der Waals surface area (Å²) in [4.78, 5) is 26.2. The van der Waals surface area contributed by atoms with Gasteiger partial charge in [0.2, 0.25) is 0 Å². The number of halogens is 2. The van der Waals surface area contributed by atoms with Crippen LogP contribution in [0.1, 0.15) is 42.1 Å². The minimum Gasteiger partial charge on any atom is -0.465 e. The van der Waals surface area contributed by atoms with E-state index in [0.717, 1.165) is 18.4 Å². The first-order valence-corrected chi connectivity index (χ1v) is 13.1. The Labute approximate surface area is 225 Å². The van der Waals surface area contributed by atoms with Crippen LogP contribution in [0.5, 0.6) is 0 Å². The Balaban J connectivity index is 1.34. The Bertz CT molecular complexity index is 1250. The van der Waals surface area contributed by atoms with Crippen molar-refractivity contribution in [1.82, 2.24) is 4.90 Å². The third-order valence-corrected chi connectivity index (χ3v) is 7.92. The largest absolute Gasteiger partial charge is 0.465 e. The Morgan fingerprint density at radius 3 is 2.13 bits per heavy atom.